The molecule has 0 bridgehead atoms. The van der Waals surface area contributed by atoms with Gasteiger partial charge in [-0.1, -0.05) is 54.6 Å². The fourth-order valence-electron chi connectivity index (χ4n) is 2.69. The summed E-state index contributed by atoms with van der Waals surface area (Å²) in [6.07, 6.45) is 0. The van der Waals surface area contributed by atoms with Crippen LogP contribution in [-0.4, -0.2) is 5.91 Å². The van der Waals surface area contributed by atoms with E-state index in [1.807, 2.05) is 48.5 Å². The first-order valence-electron chi connectivity index (χ1n) is 7.42. The summed E-state index contributed by atoms with van der Waals surface area (Å²) >= 11 is 0. The van der Waals surface area contributed by atoms with Crippen LogP contribution < -0.4 is 22.9 Å². The molecule has 8 N–H and O–H groups in total. The van der Waals surface area contributed by atoms with Gasteiger partial charge in [-0.2, -0.15) is 0 Å². The SMILES string of the molecule is NC(=O)/C(N)=C(\N)c1cccc(-c2ccc3ccccc3c2)c1N. The van der Waals surface area contributed by atoms with Gasteiger partial charge >= 0.3 is 0 Å². The van der Waals surface area contributed by atoms with Crippen molar-refractivity contribution in [3.8, 4) is 11.1 Å². The number of carbonyl (C=O) groups is 1. The molecule has 0 radical (unpaired) electrons. The Hall–Kier alpha value is -3.47. The normalized spacial score (nSPS) is 12.0. The predicted molar refractivity (Wildman–Crippen MR) is 98.3 cm³/mol. The molecule has 0 aliphatic rings. The summed E-state index contributed by atoms with van der Waals surface area (Å²) in [6, 6.07) is 19.6. The van der Waals surface area contributed by atoms with Crippen molar-refractivity contribution in [3.05, 3.63) is 71.9 Å². The highest BCUT2D eigenvalue weighted by atomic mass is 16.1. The average Bonchev–Trinajstić information content (AvgIpc) is 2.60. The lowest BCUT2D eigenvalue weighted by atomic mass is 9.96. The summed E-state index contributed by atoms with van der Waals surface area (Å²) in [5.41, 5.74) is 25.7. The number of amides is 1. The van der Waals surface area contributed by atoms with Gasteiger partial charge in [0.25, 0.3) is 5.91 Å². The summed E-state index contributed by atoms with van der Waals surface area (Å²) < 4.78 is 0. The van der Waals surface area contributed by atoms with Gasteiger partial charge in [0.2, 0.25) is 0 Å². The van der Waals surface area contributed by atoms with Crippen LogP contribution in [0.3, 0.4) is 0 Å². The molecule has 0 aliphatic heterocycles. The molecule has 1 amide bonds. The maximum atomic E-state index is 11.2. The molecular formula is C19H18N4O. The standard InChI is InChI=1S/C19H18N4O/c20-16-14(6-3-7-15(16)17(21)18(22)19(23)24)13-9-8-11-4-1-2-5-12(11)10-13/h1-10H,20-22H2,(H2,23,24)/b18-17+. The summed E-state index contributed by atoms with van der Waals surface area (Å²) in [5.74, 6) is -0.775. The third kappa shape index (κ3) is 2.63. The fourth-order valence-corrected chi connectivity index (χ4v) is 2.69. The number of anilines is 1. The summed E-state index contributed by atoms with van der Waals surface area (Å²) in [6.45, 7) is 0. The van der Waals surface area contributed by atoms with E-state index in [1.54, 1.807) is 6.07 Å². The number of para-hydroxylation sites is 1. The van der Waals surface area contributed by atoms with Gasteiger partial charge in [-0.3, -0.25) is 4.79 Å². The second-order valence-electron chi connectivity index (χ2n) is 5.52. The van der Waals surface area contributed by atoms with E-state index in [1.165, 1.54) is 0 Å². The molecule has 24 heavy (non-hydrogen) atoms. The Morgan fingerprint density at radius 3 is 2.21 bits per heavy atom. The number of fused-ring (bicyclic) bond motifs is 1. The van der Waals surface area contributed by atoms with E-state index in [-0.39, 0.29) is 11.4 Å². The number of nitrogens with two attached hydrogens (primary N) is 4. The molecule has 0 spiro atoms. The first-order valence-corrected chi connectivity index (χ1v) is 7.42. The number of primary amides is 1. The van der Waals surface area contributed by atoms with E-state index >= 15 is 0 Å². The molecule has 0 heterocycles. The highest BCUT2D eigenvalue weighted by molar-refractivity contribution is 6.01. The van der Waals surface area contributed by atoms with Crippen LogP contribution in [0.1, 0.15) is 5.56 Å². The van der Waals surface area contributed by atoms with Crippen LogP contribution in [0.15, 0.2) is 66.4 Å². The lowest BCUT2D eigenvalue weighted by Gasteiger charge is -2.13. The number of nitrogen functional groups attached to an aromatic ring is 1. The summed E-state index contributed by atoms with van der Waals surface area (Å²) in [5, 5.41) is 2.26. The largest absolute Gasteiger partial charge is 0.398 e. The van der Waals surface area contributed by atoms with Crippen molar-refractivity contribution < 1.29 is 4.79 Å². The van der Waals surface area contributed by atoms with E-state index < -0.39 is 5.91 Å². The van der Waals surface area contributed by atoms with Gasteiger partial charge in [0, 0.05) is 16.8 Å². The Kier molecular flexibility index (Phi) is 3.83. The Labute approximate surface area is 139 Å². The van der Waals surface area contributed by atoms with Gasteiger partial charge in [0.05, 0.1) is 5.70 Å². The van der Waals surface area contributed by atoms with Gasteiger partial charge in [-0.15, -0.1) is 0 Å². The first-order chi connectivity index (χ1) is 11.5. The van der Waals surface area contributed by atoms with E-state index in [9.17, 15) is 4.79 Å². The molecule has 0 aromatic heterocycles. The minimum absolute atomic E-state index is 0.0858. The van der Waals surface area contributed by atoms with Crippen LogP contribution >= 0.6 is 0 Å². The van der Waals surface area contributed by atoms with E-state index in [4.69, 9.17) is 22.9 Å². The molecule has 3 aromatic carbocycles. The highest BCUT2D eigenvalue weighted by Gasteiger charge is 2.13. The van der Waals surface area contributed by atoms with Crippen molar-refractivity contribution in [2.45, 2.75) is 0 Å². The van der Waals surface area contributed by atoms with Crippen LogP contribution in [0.4, 0.5) is 5.69 Å². The second kappa shape index (κ2) is 5.96. The van der Waals surface area contributed by atoms with Gasteiger partial charge in [-0.05, 0) is 22.4 Å². The quantitative estimate of drug-likeness (QED) is 0.436. The third-order valence-corrected chi connectivity index (χ3v) is 4.01. The fraction of sp³-hybridized carbons (Fsp3) is 0. The number of benzene rings is 3. The molecule has 120 valence electrons. The third-order valence-electron chi connectivity index (χ3n) is 4.01. The second-order valence-corrected chi connectivity index (χ2v) is 5.52. The molecule has 0 unspecified atom stereocenters. The molecule has 0 aliphatic carbocycles. The lowest BCUT2D eigenvalue weighted by molar-refractivity contribution is -0.114. The van der Waals surface area contributed by atoms with Gasteiger partial charge < -0.3 is 22.9 Å². The minimum Gasteiger partial charge on any atom is -0.398 e. The molecule has 5 heteroatoms. The predicted octanol–water partition coefficient (Wildman–Crippen LogP) is 2.16. The lowest BCUT2D eigenvalue weighted by Crippen LogP contribution is -2.24. The molecule has 3 aromatic rings. The number of hydrogen-bond donors (Lipinski definition) is 4. The van der Waals surface area contributed by atoms with Crippen molar-refractivity contribution >= 4 is 28.1 Å². The molecule has 0 saturated heterocycles. The smallest absolute Gasteiger partial charge is 0.266 e. The molecule has 0 fully saturated rings. The average molecular weight is 318 g/mol. The van der Waals surface area contributed by atoms with Crippen molar-refractivity contribution in [1.29, 1.82) is 0 Å². The van der Waals surface area contributed by atoms with E-state index in [0.29, 0.717) is 11.3 Å². The minimum atomic E-state index is -0.775. The Balaban J connectivity index is 2.17. The van der Waals surface area contributed by atoms with E-state index in [2.05, 4.69) is 6.07 Å². The maximum absolute atomic E-state index is 11.2. The molecule has 3 rings (SSSR count). The van der Waals surface area contributed by atoms with Crippen molar-refractivity contribution in [2.24, 2.45) is 17.2 Å². The maximum Gasteiger partial charge on any atom is 0.266 e. The Morgan fingerprint density at radius 2 is 1.50 bits per heavy atom. The Bertz CT molecular complexity index is 976. The number of hydrogen-bond acceptors (Lipinski definition) is 4. The number of carbonyl (C=O) groups excluding carboxylic acids is 1. The topological polar surface area (TPSA) is 121 Å². The van der Waals surface area contributed by atoms with Gasteiger partial charge in [0.15, 0.2) is 0 Å². The summed E-state index contributed by atoms with van der Waals surface area (Å²) in [7, 11) is 0. The Morgan fingerprint density at radius 1 is 0.792 bits per heavy atom. The van der Waals surface area contributed by atoms with Crippen LogP contribution in [0.2, 0.25) is 0 Å². The first kappa shape index (κ1) is 15.4. The molecule has 0 saturated carbocycles. The zero-order valence-corrected chi connectivity index (χ0v) is 13.0. The van der Waals surface area contributed by atoms with Crippen LogP contribution in [0.5, 0.6) is 0 Å². The zero-order valence-electron chi connectivity index (χ0n) is 13.0. The van der Waals surface area contributed by atoms with E-state index in [0.717, 1.165) is 21.9 Å². The number of rotatable bonds is 3. The zero-order chi connectivity index (χ0) is 17.3. The van der Waals surface area contributed by atoms with Gasteiger partial charge in [-0.25, -0.2) is 0 Å². The van der Waals surface area contributed by atoms with Gasteiger partial charge in [0.1, 0.15) is 5.70 Å². The summed E-state index contributed by atoms with van der Waals surface area (Å²) in [4.78, 5) is 11.2. The van der Waals surface area contributed by atoms with Crippen LogP contribution in [-0.2, 0) is 4.79 Å². The van der Waals surface area contributed by atoms with Crippen molar-refractivity contribution in [3.63, 3.8) is 0 Å². The molecular weight excluding hydrogens is 300 g/mol. The molecule has 5 nitrogen and oxygen atoms in total. The van der Waals surface area contributed by atoms with Crippen molar-refractivity contribution in [1.82, 2.24) is 0 Å². The van der Waals surface area contributed by atoms with Crippen LogP contribution in [0, 0.1) is 0 Å². The van der Waals surface area contributed by atoms with Crippen LogP contribution in [0.25, 0.3) is 27.6 Å². The molecule has 0 atom stereocenters. The monoisotopic (exact) mass is 318 g/mol. The van der Waals surface area contributed by atoms with Crippen molar-refractivity contribution in [2.75, 3.05) is 5.73 Å². The highest BCUT2D eigenvalue weighted by Crippen LogP contribution is 2.33.